The Labute approximate surface area is 125 Å². The predicted octanol–water partition coefficient (Wildman–Crippen LogP) is 2.96. The van der Waals surface area contributed by atoms with Crippen molar-refractivity contribution in [3.8, 4) is 0 Å². The molecule has 5 nitrogen and oxygen atoms in total. The van der Waals surface area contributed by atoms with Crippen molar-refractivity contribution in [1.82, 2.24) is 20.3 Å². The van der Waals surface area contributed by atoms with Crippen molar-refractivity contribution in [3.05, 3.63) is 41.0 Å². The quantitative estimate of drug-likeness (QED) is 0.906. The van der Waals surface area contributed by atoms with Gasteiger partial charge < -0.3 is 10.6 Å². The van der Waals surface area contributed by atoms with Gasteiger partial charge >= 0.3 is 0 Å². The normalized spacial score (nSPS) is 18.0. The third-order valence-electron chi connectivity index (χ3n) is 3.63. The van der Waals surface area contributed by atoms with Crippen LogP contribution in [0.3, 0.4) is 0 Å². The van der Waals surface area contributed by atoms with Crippen molar-refractivity contribution in [2.24, 2.45) is 0 Å². The molecule has 0 bridgehead atoms. The van der Waals surface area contributed by atoms with E-state index in [1.165, 1.54) is 6.42 Å². The van der Waals surface area contributed by atoms with Gasteiger partial charge in [-0.1, -0.05) is 0 Å². The second kappa shape index (κ2) is 5.77. The Morgan fingerprint density at radius 2 is 1.71 bits per heavy atom. The van der Waals surface area contributed by atoms with Crippen LogP contribution in [0.1, 0.15) is 41.7 Å². The van der Waals surface area contributed by atoms with Crippen LogP contribution in [-0.2, 0) is 0 Å². The number of hydrogen-bond acceptors (Lipinski definition) is 5. The molecule has 0 saturated carbocycles. The number of aryl methyl sites for hydroxylation is 3. The lowest BCUT2D eigenvalue weighted by molar-refractivity contribution is 0.626. The molecular formula is C16H21N5. The van der Waals surface area contributed by atoms with Crippen LogP contribution in [-0.4, -0.2) is 21.5 Å². The third kappa shape index (κ3) is 3.36. The molecule has 1 fully saturated rings. The van der Waals surface area contributed by atoms with E-state index in [0.29, 0.717) is 12.0 Å². The zero-order chi connectivity index (χ0) is 14.8. The van der Waals surface area contributed by atoms with Crippen molar-refractivity contribution in [1.29, 1.82) is 0 Å². The van der Waals surface area contributed by atoms with Gasteiger partial charge in [-0.25, -0.2) is 9.97 Å². The topological polar surface area (TPSA) is 62.7 Å². The molecular weight excluding hydrogens is 262 g/mol. The van der Waals surface area contributed by atoms with Crippen LogP contribution >= 0.6 is 0 Å². The summed E-state index contributed by atoms with van der Waals surface area (Å²) in [5, 5.41) is 6.79. The lowest BCUT2D eigenvalue weighted by atomic mass is 10.1. The number of hydrogen-bond donors (Lipinski definition) is 2. The molecule has 3 rings (SSSR count). The summed E-state index contributed by atoms with van der Waals surface area (Å²) in [5.74, 6) is 0.642. The van der Waals surface area contributed by atoms with Crippen molar-refractivity contribution >= 4 is 11.6 Å². The van der Waals surface area contributed by atoms with Crippen LogP contribution in [0.4, 0.5) is 11.6 Å². The molecule has 0 aliphatic carbocycles. The van der Waals surface area contributed by atoms with Crippen molar-refractivity contribution in [3.63, 3.8) is 0 Å². The summed E-state index contributed by atoms with van der Waals surface area (Å²) in [5.41, 5.74) is 5.03. The molecule has 1 aliphatic rings. The average Bonchev–Trinajstić information content (AvgIpc) is 2.90. The number of aromatic nitrogens is 3. The molecule has 110 valence electrons. The second-order valence-electron chi connectivity index (χ2n) is 5.67. The fourth-order valence-electron chi connectivity index (χ4n) is 2.79. The largest absolute Gasteiger partial charge is 0.324 e. The summed E-state index contributed by atoms with van der Waals surface area (Å²) in [6.07, 6.45) is 2.36. The molecule has 2 N–H and O–H groups in total. The van der Waals surface area contributed by atoms with Gasteiger partial charge in [0.05, 0.1) is 5.69 Å². The first kappa shape index (κ1) is 13.9. The third-order valence-corrected chi connectivity index (χ3v) is 3.63. The van der Waals surface area contributed by atoms with E-state index in [1.807, 2.05) is 32.9 Å². The van der Waals surface area contributed by atoms with Gasteiger partial charge in [0.2, 0.25) is 5.95 Å². The average molecular weight is 283 g/mol. The summed E-state index contributed by atoms with van der Waals surface area (Å²) in [6, 6.07) is 6.46. The van der Waals surface area contributed by atoms with E-state index in [9.17, 15) is 0 Å². The number of anilines is 2. The van der Waals surface area contributed by atoms with E-state index in [1.54, 1.807) is 0 Å². The van der Waals surface area contributed by atoms with Gasteiger partial charge in [0.1, 0.15) is 0 Å². The van der Waals surface area contributed by atoms with E-state index >= 15 is 0 Å². The van der Waals surface area contributed by atoms with Gasteiger partial charge in [-0.3, -0.25) is 4.98 Å². The van der Waals surface area contributed by atoms with Gasteiger partial charge in [0.15, 0.2) is 0 Å². The molecule has 0 aromatic carbocycles. The summed E-state index contributed by atoms with van der Waals surface area (Å²) in [6.45, 7) is 7.05. The highest BCUT2D eigenvalue weighted by atomic mass is 15.1. The maximum atomic E-state index is 4.65. The molecule has 2 aromatic rings. The van der Waals surface area contributed by atoms with Gasteiger partial charge in [-0.15, -0.1) is 0 Å². The Balaban J connectivity index is 1.87. The van der Waals surface area contributed by atoms with E-state index in [-0.39, 0.29) is 0 Å². The van der Waals surface area contributed by atoms with Crippen molar-refractivity contribution < 1.29 is 0 Å². The van der Waals surface area contributed by atoms with Crippen LogP contribution in [0.25, 0.3) is 0 Å². The highest BCUT2D eigenvalue weighted by molar-refractivity contribution is 5.54. The van der Waals surface area contributed by atoms with E-state index < -0.39 is 0 Å². The minimum atomic E-state index is 0.366. The summed E-state index contributed by atoms with van der Waals surface area (Å²) >= 11 is 0. The van der Waals surface area contributed by atoms with Crippen LogP contribution in [0.15, 0.2) is 18.2 Å². The Hall–Kier alpha value is -2.01. The first-order chi connectivity index (χ1) is 10.1. The monoisotopic (exact) mass is 283 g/mol. The van der Waals surface area contributed by atoms with Gasteiger partial charge in [0.25, 0.3) is 0 Å². The molecule has 5 heteroatoms. The molecule has 0 spiro atoms. The second-order valence-corrected chi connectivity index (χ2v) is 5.67. The smallest absolute Gasteiger partial charge is 0.227 e. The summed E-state index contributed by atoms with van der Waals surface area (Å²) in [7, 11) is 0. The van der Waals surface area contributed by atoms with Crippen LogP contribution in [0.2, 0.25) is 0 Å². The predicted molar refractivity (Wildman–Crippen MR) is 83.7 cm³/mol. The highest BCUT2D eigenvalue weighted by Crippen LogP contribution is 2.25. The lowest BCUT2D eigenvalue weighted by Crippen LogP contribution is -2.15. The summed E-state index contributed by atoms with van der Waals surface area (Å²) in [4.78, 5) is 13.5. The molecule has 0 radical (unpaired) electrons. The first-order valence-electron chi connectivity index (χ1n) is 7.41. The molecule has 2 aromatic heterocycles. The van der Waals surface area contributed by atoms with Crippen LogP contribution in [0.5, 0.6) is 0 Å². The molecule has 1 saturated heterocycles. The maximum absolute atomic E-state index is 4.65. The minimum Gasteiger partial charge on any atom is -0.324 e. The van der Waals surface area contributed by atoms with E-state index in [0.717, 1.165) is 41.4 Å². The Kier molecular flexibility index (Phi) is 3.84. The fourth-order valence-corrected chi connectivity index (χ4v) is 2.79. The maximum Gasteiger partial charge on any atom is 0.227 e. The zero-order valence-corrected chi connectivity index (χ0v) is 12.8. The molecule has 21 heavy (non-hydrogen) atoms. The zero-order valence-electron chi connectivity index (χ0n) is 12.8. The molecule has 0 amide bonds. The highest BCUT2D eigenvalue weighted by Gasteiger charge is 2.18. The first-order valence-corrected chi connectivity index (χ1v) is 7.41. The Bertz CT molecular complexity index is 627. The van der Waals surface area contributed by atoms with Crippen LogP contribution < -0.4 is 10.6 Å². The number of pyridine rings is 1. The van der Waals surface area contributed by atoms with Crippen molar-refractivity contribution in [2.75, 3.05) is 11.9 Å². The lowest BCUT2D eigenvalue weighted by Gasteiger charge is -2.13. The standard InChI is InChI=1S/C16H21N5/c1-10-7-11(2)20-16(19-10)21-13-8-12(3)18-15(9-13)14-5-4-6-17-14/h7-9,14,17H,4-6H2,1-3H3,(H,18,19,20,21)/t14-/m0/s1. The molecule has 3 heterocycles. The molecule has 1 atom stereocenters. The number of rotatable bonds is 3. The van der Waals surface area contributed by atoms with Crippen LogP contribution in [0, 0.1) is 20.8 Å². The summed E-state index contributed by atoms with van der Waals surface area (Å²) < 4.78 is 0. The van der Waals surface area contributed by atoms with E-state index in [2.05, 4.69) is 31.7 Å². The Morgan fingerprint density at radius 1 is 1.00 bits per heavy atom. The van der Waals surface area contributed by atoms with Gasteiger partial charge in [-0.2, -0.15) is 0 Å². The molecule has 1 aliphatic heterocycles. The molecule has 0 unspecified atom stereocenters. The van der Waals surface area contributed by atoms with Gasteiger partial charge in [0, 0.05) is 28.8 Å². The van der Waals surface area contributed by atoms with Gasteiger partial charge in [-0.05, 0) is 58.4 Å². The Morgan fingerprint density at radius 3 is 2.38 bits per heavy atom. The van der Waals surface area contributed by atoms with Crippen molar-refractivity contribution in [2.45, 2.75) is 39.7 Å². The number of nitrogens with zero attached hydrogens (tertiary/aromatic N) is 3. The fraction of sp³-hybridized carbons (Fsp3) is 0.438. The number of nitrogens with one attached hydrogen (secondary N) is 2. The van der Waals surface area contributed by atoms with E-state index in [4.69, 9.17) is 0 Å². The minimum absolute atomic E-state index is 0.366. The SMILES string of the molecule is Cc1cc(Nc2nc(C)cc(C)n2)cc([C@@H]2CCCN2)n1.